The van der Waals surface area contributed by atoms with Gasteiger partial charge in [-0.25, -0.2) is 8.78 Å². The summed E-state index contributed by atoms with van der Waals surface area (Å²) >= 11 is 0. The van der Waals surface area contributed by atoms with Crippen LogP contribution in [-0.4, -0.2) is 48.1 Å². The number of aromatic nitrogens is 2. The second-order valence-corrected chi connectivity index (χ2v) is 4.08. The van der Waals surface area contributed by atoms with E-state index in [4.69, 9.17) is 0 Å². The average Bonchev–Trinajstić information content (AvgIpc) is 2.79. The Morgan fingerprint density at radius 2 is 2.22 bits per heavy atom. The number of nitrogens with zero attached hydrogens (tertiary/aromatic N) is 3. The molecule has 0 saturated carbocycles. The van der Waals surface area contributed by atoms with E-state index in [1.165, 1.54) is 0 Å². The lowest BCUT2D eigenvalue weighted by Gasteiger charge is -2.30. The highest BCUT2D eigenvalue weighted by Gasteiger charge is 2.49. The van der Waals surface area contributed by atoms with Crippen molar-refractivity contribution in [3.8, 4) is 0 Å². The molecule has 1 aromatic rings. The van der Waals surface area contributed by atoms with E-state index in [-0.39, 0.29) is 11.9 Å². The number of rotatable bonds is 3. The second-order valence-electron chi connectivity index (χ2n) is 4.08. The maximum atomic E-state index is 13.0. The molecule has 0 amide bonds. The molecule has 1 aliphatic heterocycles. The van der Waals surface area contributed by atoms with E-state index >= 15 is 0 Å². The lowest BCUT2D eigenvalue weighted by Crippen LogP contribution is -2.44. The van der Waals surface area contributed by atoms with Crippen molar-refractivity contribution in [1.29, 1.82) is 0 Å². The average molecular weight is 268 g/mol. The van der Waals surface area contributed by atoms with Gasteiger partial charge in [-0.05, 0) is 7.05 Å². The molecule has 0 radical (unpaired) electrons. The van der Waals surface area contributed by atoms with Crippen LogP contribution in [0, 0.1) is 0 Å². The van der Waals surface area contributed by atoms with E-state index in [1.807, 2.05) is 4.90 Å². The van der Waals surface area contributed by atoms with Crippen LogP contribution >= 0.6 is 0 Å². The van der Waals surface area contributed by atoms with Gasteiger partial charge in [-0.3, -0.25) is 4.90 Å². The van der Waals surface area contributed by atoms with Gasteiger partial charge in [0.25, 0.3) is 0 Å². The van der Waals surface area contributed by atoms with Gasteiger partial charge in [0.15, 0.2) is 5.82 Å². The molecule has 1 N–H and O–H groups in total. The van der Waals surface area contributed by atoms with Crippen LogP contribution in [0.2, 0.25) is 0 Å². The molecule has 102 valence electrons. The van der Waals surface area contributed by atoms with Gasteiger partial charge in [-0.1, -0.05) is 5.16 Å². The summed E-state index contributed by atoms with van der Waals surface area (Å²) in [4.78, 5) is 5.23. The Hall–Kier alpha value is -1.22. The van der Waals surface area contributed by atoms with Crippen molar-refractivity contribution in [2.45, 2.75) is 18.4 Å². The summed E-state index contributed by atoms with van der Waals surface area (Å²) in [5.41, 5.74) is 0. The van der Waals surface area contributed by atoms with Crippen LogP contribution in [0.4, 0.5) is 17.6 Å². The molecule has 5 nitrogen and oxygen atoms in total. The Labute approximate surface area is 100 Å². The predicted octanol–water partition coefficient (Wildman–Crippen LogP) is 1.00. The molecule has 2 rings (SSSR count). The molecule has 1 aliphatic rings. The molecule has 18 heavy (non-hydrogen) atoms. The molecule has 0 aliphatic carbocycles. The summed E-state index contributed by atoms with van der Waals surface area (Å²) < 4.78 is 54.5. The minimum atomic E-state index is -4.41. The highest BCUT2D eigenvalue weighted by molar-refractivity contribution is 5.01. The van der Waals surface area contributed by atoms with Gasteiger partial charge in [0, 0.05) is 19.6 Å². The summed E-state index contributed by atoms with van der Waals surface area (Å²) in [6.45, 7) is 1.89. The maximum Gasteiger partial charge on any atom is 0.383 e. The number of piperazine rings is 1. The molecular weight excluding hydrogens is 256 g/mol. The first-order valence-corrected chi connectivity index (χ1v) is 5.34. The summed E-state index contributed by atoms with van der Waals surface area (Å²) in [5.74, 6) is -5.77. The van der Waals surface area contributed by atoms with E-state index in [9.17, 15) is 17.6 Å². The first kappa shape index (κ1) is 13.2. The molecule has 1 atom stereocenters. The number of hydrogen-bond donors (Lipinski definition) is 1. The zero-order valence-corrected chi connectivity index (χ0v) is 9.54. The quantitative estimate of drug-likeness (QED) is 0.829. The third kappa shape index (κ3) is 2.32. The normalized spacial score (nSPS) is 22.7. The fourth-order valence-electron chi connectivity index (χ4n) is 1.69. The largest absolute Gasteiger partial charge is 0.383 e. The molecule has 1 aromatic heterocycles. The van der Waals surface area contributed by atoms with Gasteiger partial charge in [-0.2, -0.15) is 13.8 Å². The van der Waals surface area contributed by atoms with Crippen molar-refractivity contribution in [3.63, 3.8) is 0 Å². The highest BCUT2D eigenvalue weighted by Crippen LogP contribution is 2.34. The van der Waals surface area contributed by atoms with Crippen LogP contribution in [0.15, 0.2) is 4.52 Å². The van der Waals surface area contributed by atoms with Crippen LogP contribution in [0.3, 0.4) is 0 Å². The Balaban J connectivity index is 2.20. The van der Waals surface area contributed by atoms with Gasteiger partial charge in [0.2, 0.25) is 0 Å². The molecular formula is C9H12F4N4O. The predicted molar refractivity (Wildman–Crippen MR) is 52.4 cm³/mol. The Morgan fingerprint density at radius 1 is 1.50 bits per heavy atom. The van der Waals surface area contributed by atoms with E-state index in [2.05, 4.69) is 20.0 Å². The zero-order valence-electron chi connectivity index (χ0n) is 9.54. The monoisotopic (exact) mass is 268 g/mol. The topological polar surface area (TPSA) is 54.2 Å². The van der Waals surface area contributed by atoms with Crippen LogP contribution in [0.1, 0.15) is 17.8 Å². The van der Waals surface area contributed by atoms with Crippen molar-refractivity contribution in [2.75, 3.05) is 26.7 Å². The summed E-state index contributed by atoms with van der Waals surface area (Å²) in [5, 5.41) is 6.39. The fourth-order valence-corrected chi connectivity index (χ4v) is 1.69. The molecule has 1 fully saturated rings. The minimum Gasteiger partial charge on any atom is -0.332 e. The van der Waals surface area contributed by atoms with Gasteiger partial charge in [0.1, 0.15) is 0 Å². The SMILES string of the molecule is CN1CCNCC1c1noc(C(F)(F)C(F)F)n1. The molecule has 0 spiro atoms. The third-order valence-electron chi connectivity index (χ3n) is 2.81. The van der Waals surface area contributed by atoms with Crippen LogP contribution in [0.25, 0.3) is 0 Å². The molecule has 0 aromatic carbocycles. The van der Waals surface area contributed by atoms with Crippen LogP contribution < -0.4 is 5.32 Å². The van der Waals surface area contributed by atoms with E-state index in [1.54, 1.807) is 7.05 Å². The number of likely N-dealkylation sites (N-methyl/N-ethyl adjacent to an activating group) is 1. The summed E-state index contributed by atoms with van der Waals surface area (Å²) in [7, 11) is 1.77. The molecule has 0 bridgehead atoms. The molecule has 9 heteroatoms. The molecule has 2 heterocycles. The highest BCUT2D eigenvalue weighted by atomic mass is 19.3. The molecule has 1 unspecified atom stereocenters. The smallest absolute Gasteiger partial charge is 0.332 e. The zero-order chi connectivity index (χ0) is 13.3. The Bertz CT molecular complexity index is 411. The maximum absolute atomic E-state index is 13.0. The Morgan fingerprint density at radius 3 is 2.83 bits per heavy atom. The van der Waals surface area contributed by atoms with Gasteiger partial charge in [0.05, 0.1) is 6.04 Å². The minimum absolute atomic E-state index is 0.0139. The number of alkyl halides is 4. The van der Waals surface area contributed by atoms with Crippen molar-refractivity contribution >= 4 is 0 Å². The lowest BCUT2D eigenvalue weighted by atomic mass is 10.2. The second kappa shape index (κ2) is 4.81. The third-order valence-corrected chi connectivity index (χ3v) is 2.81. The first-order chi connectivity index (χ1) is 8.43. The van der Waals surface area contributed by atoms with E-state index < -0.39 is 18.2 Å². The standard InChI is InChI=1S/C9H12F4N4O/c1-17-3-2-14-4-5(17)6-15-8(18-16-6)9(12,13)7(10)11/h5,7,14H,2-4H2,1H3. The van der Waals surface area contributed by atoms with E-state index in [0.29, 0.717) is 13.1 Å². The van der Waals surface area contributed by atoms with Crippen LogP contribution in [-0.2, 0) is 5.92 Å². The first-order valence-electron chi connectivity index (χ1n) is 5.34. The van der Waals surface area contributed by atoms with Crippen molar-refractivity contribution in [2.24, 2.45) is 0 Å². The number of nitrogens with one attached hydrogen (secondary N) is 1. The summed E-state index contributed by atoms with van der Waals surface area (Å²) in [6, 6.07) is -0.357. The van der Waals surface area contributed by atoms with Gasteiger partial charge in [-0.15, -0.1) is 0 Å². The van der Waals surface area contributed by atoms with Crippen molar-refractivity contribution in [1.82, 2.24) is 20.4 Å². The number of halogens is 4. The van der Waals surface area contributed by atoms with Crippen molar-refractivity contribution < 1.29 is 22.1 Å². The van der Waals surface area contributed by atoms with Gasteiger partial charge >= 0.3 is 18.2 Å². The van der Waals surface area contributed by atoms with Gasteiger partial charge < -0.3 is 9.84 Å². The Kier molecular flexibility index (Phi) is 3.53. The van der Waals surface area contributed by atoms with Crippen molar-refractivity contribution in [3.05, 3.63) is 11.7 Å². The fraction of sp³-hybridized carbons (Fsp3) is 0.778. The lowest BCUT2D eigenvalue weighted by molar-refractivity contribution is -0.152. The summed E-state index contributed by atoms with van der Waals surface area (Å²) in [6.07, 6.45) is -3.87. The van der Waals surface area contributed by atoms with Crippen LogP contribution in [0.5, 0.6) is 0 Å². The molecule has 1 saturated heterocycles. The van der Waals surface area contributed by atoms with E-state index in [0.717, 1.165) is 6.54 Å². The number of hydrogen-bond acceptors (Lipinski definition) is 5.